The van der Waals surface area contributed by atoms with Gasteiger partial charge in [0.2, 0.25) is 0 Å². The molecule has 1 aliphatic heterocycles. The molecule has 0 unspecified atom stereocenters. The Labute approximate surface area is 183 Å². The highest BCUT2D eigenvalue weighted by atomic mass is 35.5. The van der Waals surface area contributed by atoms with Crippen LogP contribution in [-0.2, 0) is 4.79 Å². The minimum atomic E-state index is -1.13. The van der Waals surface area contributed by atoms with Gasteiger partial charge in [0, 0.05) is 10.6 Å². The topological polar surface area (TPSA) is 57.6 Å². The van der Waals surface area contributed by atoms with Crippen LogP contribution in [0, 0.1) is 0 Å². The maximum Gasteiger partial charge on any atom is 0.337 e. The van der Waals surface area contributed by atoms with E-state index in [9.17, 15) is 14.7 Å². The second-order valence-electron chi connectivity index (χ2n) is 6.66. The maximum atomic E-state index is 13.3. The number of carbonyl (C=O) groups is 2. The van der Waals surface area contributed by atoms with Crippen LogP contribution < -0.4 is 4.90 Å². The molecule has 1 N–H and O–H groups in total. The Kier molecular flexibility index (Phi) is 5.44. The number of hydrogen-bond donors (Lipinski definition) is 1. The molecule has 30 heavy (non-hydrogen) atoms. The fraction of sp³-hybridized carbons (Fsp3) is 0. The molecule has 1 heterocycles. The minimum absolute atomic E-state index is 0.0239. The summed E-state index contributed by atoms with van der Waals surface area (Å²) in [6.07, 6.45) is 3.61. The first-order chi connectivity index (χ1) is 14.4. The maximum absolute atomic E-state index is 13.3. The van der Waals surface area contributed by atoms with Gasteiger partial charge < -0.3 is 5.11 Å². The predicted octanol–water partition coefficient (Wildman–Crippen LogP) is 6.16. The van der Waals surface area contributed by atoms with Gasteiger partial charge in [0.15, 0.2) is 0 Å². The molecule has 4 nitrogen and oxygen atoms in total. The van der Waals surface area contributed by atoms with Crippen molar-refractivity contribution in [1.29, 1.82) is 0 Å². The second kappa shape index (κ2) is 8.19. The summed E-state index contributed by atoms with van der Waals surface area (Å²) in [6, 6.07) is 21.1. The van der Waals surface area contributed by atoms with Crippen LogP contribution in [-0.4, -0.2) is 17.0 Å². The van der Waals surface area contributed by atoms with Gasteiger partial charge in [0.05, 0.1) is 22.0 Å². The fourth-order valence-electron chi connectivity index (χ4n) is 3.25. The summed E-state index contributed by atoms with van der Waals surface area (Å²) in [5, 5.41) is 9.88. The van der Waals surface area contributed by atoms with Crippen molar-refractivity contribution in [2.75, 3.05) is 4.90 Å². The normalized spacial score (nSPS) is 14.9. The zero-order valence-electron chi connectivity index (χ0n) is 15.5. The third kappa shape index (κ3) is 3.88. The molecule has 6 heteroatoms. The first-order valence-corrected chi connectivity index (χ1v) is 9.81. The number of carbonyl (C=O) groups excluding carboxylic acids is 1. The van der Waals surface area contributed by atoms with E-state index in [1.54, 1.807) is 24.3 Å². The highest BCUT2D eigenvalue weighted by Crippen LogP contribution is 2.37. The molecule has 4 rings (SSSR count). The van der Waals surface area contributed by atoms with E-state index >= 15 is 0 Å². The first kappa shape index (κ1) is 20.0. The van der Waals surface area contributed by atoms with E-state index in [0.29, 0.717) is 22.0 Å². The SMILES string of the molecule is O=C(O)c1ccc(N2C(=O)C(=Cc3ccccc3)C=C2c2ccc(Cl)cc2)cc1Cl. The van der Waals surface area contributed by atoms with Crippen molar-refractivity contribution in [3.05, 3.63) is 111 Å². The number of aromatic carboxylic acids is 1. The van der Waals surface area contributed by atoms with E-state index in [4.69, 9.17) is 23.2 Å². The van der Waals surface area contributed by atoms with Crippen LogP contribution in [0.15, 0.2) is 84.4 Å². The number of nitrogens with zero attached hydrogens (tertiary/aromatic N) is 1. The zero-order valence-corrected chi connectivity index (χ0v) is 17.1. The Balaban J connectivity index is 1.83. The number of benzene rings is 3. The molecule has 0 radical (unpaired) electrons. The Morgan fingerprint density at radius 2 is 1.63 bits per heavy atom. The lowest BCUT2D eigenvalue weighted by Crippen LogP contribution is -2.25. The predicted molar refractivity (Wildman–Crippen MR) is 120 cm³/mol. The van der Waals surface area contributed by atoms with E-state index in [1.165, 1.54) is 17.0 Å². The molecule has 1 aliphatic rings. The van der Waals surface area contributed by atoms with Crippen molar-refractivity contribution >= 4 is 52.5 Å². The average molecular weight is 436 g/mol. The van der Waals surface area contributed by atoms with Crippen molar-refractivity contribution in [3.63, 3.8) is 0 Å². The average Bonchev–Trinajstić information content (AvgIpc) is 3.05. The number of halogens is 2. The molecule has 0 aliphatic carbocycles. The third-order valence-electron chi connectivity index (χ3n) is 4.69. The lowest BCUT2D eigenvalue weighted by molar-refractivity contribution is -0.113. The third-order valence-corrected chi connectivity index (χ3v) is 5.25. The van der Waals surface area contributed by atoms with Crippen LogP contribution in [0.3, 0.4) is 0 Å². The fourth-order valence-corrected chi connectivity index (χ4v) is 3.63. The summed E-state index contributed by atoms with van der Waals surface area (Å²) < 4.78 is 0. The van der Waals surface area contributed by atoms with Crippen LogP contribution in [0.5, 0.6) is 0 Å². The van der Waals surface area contributed by atoms with E-state index in [-0.39, 0.29) is 16.5 Å². The van der Waals surface area contributed by atoms with Crippen LogP contribution in [0.2, 0.25) is 10.0 Å². The van der Waals surface area contributed by atoms with Gasteiger partial charge in [-0.25, -0.2) is 4.79 Å². The van der Waals surface area contributed by atoms with Crippen molar-refractivity contribution in [2.45, 2.75) is 0 Å². The molecule has 0 saturated carbocycles. The molecule has 3 aromatic rings. The lowest BCUT2D eigenvalue weighted by atomic mass is 10.1. The van der Waals surface area contributed by atoms with E-state index in [2.05, 4.69) is 0 Å². The Morgan fingerprint density at radius 1 is 0.933 bits per heavy atom. The van der Waals surface area contributed by atoms with Gasteiger partial charge in [0.25, 0.3) is 5.91 Å². The number of amides is 1. The first-order valence-electron chi connectivity index (χ1n) is 9.06. The monoisotopic (exact) mass is 435 g/mol. The van der Waals surface area contributed by atoms with Gasteiger partial charge in [0.1, 0.15) is 0 Å². The number of hydrogen-bond acceptors (Lipinski definition) is 2. The lowest BCUT2D eigenvalue weighted by Gasteiger charge is -2.21. The zero-order chi connectivity index (χ0) is 21.3. The smallest absolute Gasteiger partial charge is 0.337 e. The summed E-state index contributed by atoms with van der Waals surface area (Å²) in [7, 11) is 0. The summed E-state index contributed by atoms with van der Waals surface area (Å²) >= 11 is 12.2. The van der Waals surface area contributed by atoms with Crippen LogP contribution in [0.25, 0.3) is 11.8 Å². The molecule has 0 bridgehead atoms. The largest absolute Gasteiger partial charge is 0.478 e. The van der Waals surface area contributed by atoms with Crippen molar-refractivity contribution in [1.82, 2.24) is 0 Å². The molecule has 0 atom stereocenters. The van der Waals surface area contributed by atoms with Gasteiger partial charge in [-0.1, -0.05) is 65.7 Å². The Morgan fingerprint density at radius 3 is 2.27 bits per heavy atom. The molecule has 0 saturated heterocycles. The summed E-state index contributed by atoms with van der Waals surface area (Å²) in [4.78, 5) is 26.1. The second-order valence-corrected chi connectivity index (χ2v) is 7.50. The van der Waals surface area contributed by atoms with E-state index in [1.807, 2.05) is 48.5 Å². The number of rotatable bonds is 4. The molecular formula is C24H15Cl2NO3. The van der Waals surface area contributed by atoms with E-state index < -0.39 is 5.97 Å². The van der Waals surface area contributed by atoms with Gasteiger partial charge in [-0.05, 0) is 53.6 Å². The number of carboxylic acid groups (broad SMARTS) is 1. The van der Waals surface area contributed by atoms with Crippen molar-refractivity contribution in [2.24, 2.45) is 0 Å². The van der Waals surface area contributed by atoms with Gasteiger partial charge in [-0.3, -0.25) is 9.69 Å². The summed E-state index contributed by atoms with van der Waals surface area (Å²) in [5.41, 5.74) is 3.30. The molecule has 1 amide bonds. The van der Waals surface area contributed by atoms with Gasteiger partial charge in [-0.2, -0.15) is 0 Å². The molecule has 3 aromatic carbocycles. The highest BCUT2D eigenvalue weighted by molar-refractivity contribution is 6.34. The van der Waals surface area contributed by atoms with Crippen molar-refractivity contribution < 1.29 is 14.7 Å². The number of carboxylic acids is 1. The summed E-state index contributed by atoms with van der Waals surface area (Å²) in [6.45, 7) is 0. The van der Waals surface area contributed by atoms with E-state index in [0.717, 1.165) is 11.1 Å². The molecule has 0 fully saturated rings. The van der Waals surface area contributed by atoms with Crippen LogP contribution in [0.4, 0.5) is 5.69 Å². The highest BCUT2D eigenvalue weighted by Gasteiger charge is 2.31. The molecular weight excluding hydrogens is 421 g/mol. The standard InChI is InChI=1S/C24H15Cl2NO3/c25-18-8-6-16(7-9-18)22-13-17(12-15-4-2-1-3-5-15)23(28)27(22)19-10-11-20(24(29)30)21(26)14-19/h1-14H,(H,29,30). The molecule has 148 valence electrons. The van der Waals surface area contributed by atoms with Crippen LogP contribution >= 0.6 is 23.2 Å². The molecule has 0 spiro atoms. The number of anilines is 1. The summed E-state index contributed by atoms with van der Waals surface area (Å²) in [5.74, 6) is -1.36. The minimum Gasteiger partial charge on any atom is -0.478 e. The van der Waals surface area contributed by atoms with Gasteiger partial charge in [-0.15, -0.1) is 0 Å². The van der Waals surface area contributed by atoms with Gasteiger partial charge >= 0.3 is 5.97 Å². The van der Waals surface area contributed by atoms with Crippen LogP contribution in [0.1, 0.15) is 21.5 Å². The quantitative estimate of drug-likeness (QED) is 0.498. The van der Waals surface area contributed by atoms with Crippen molar-refractivity contribution in [3.8, 4) is 0 Å². The Bertz CT molecular complexity index is 1200. The molecule has 0 aromatic heterocycles. The Hall–Kier alpha value is -3.34.